The van der Waals surface area contributed by atoms with E-state index in [-0.39, 0.29) is 0 Å². The average molecular weight is 235 g/mol. The van der Waals surface area contributed by atoms with Crippen LogP contribution in [-0.2, 0) is 11.3 Å². The van der Waals surface area contributed by atoms with E-state index in [1.807, 2.05) is 18.2 Å². The highest BCUT2D eigenvalue weighted by Gasteiger charge is 1.96. The number of hydrogen-bond donors (Lipinski definition) is 1. The summed E-state index contributed by atoms with van der Waals surface area (Å²) in [5, 5.41) is 3.36. The molecule has 0 heterocycles. The third kappa shape index (κ3) is 6.09. The van der Waals surface area contributed by atoms with Crippen LogP contribution in [0, 0.1) is 0 Å². The van der Waals surface area contributed by atoms with Gasteiger partial charge in [0.25, 0.3) is 0 Å². The van der Waals surface area contributed by atoms with E-state index >= 15 is 0 Å². The van der Waals surface area contributed by atoms with Gasteiger partial charge >= 0.3 is 0 Å². The number of rotatable bonds is 9. The second-order valence-electron chi connectivity index (χ2n) is 3.77. The van der Waals surface area contributed by atoms with Gasteiger partial charge in [-0.25, -0.2) is 0 Å². The monoisotopic (exact) mass is 235 g/mol. The molecule has 0 atom stereocenters. The maximum atomic E-state index is 5.47. The van der Waals surface area contributed by atoms with Gasteiger partial charge in [0.2, 0.25) is 0 Å². The van der Waals surface area contributed by atoms with Crippen molar-refractivity contribution in [3.8, 4) is 5.75 Å². The Kier molecular flexibility index (Phi) is 7.11. The lowest BCUT2D eigenvalue weighted by molar-refractivity contribution is 0.194. The molecule has 1 aromatic rings. The van der Waals surface area contributed by atoms with E-state index in [1.54, 1.807) is 13.2 Å². The molecule has 3 heteroatoms. The Morgan fingerprint density at radius 3 is 3.06 bits per heavy atom. The first kappa shape index (κ1) is 13.7. The Morgan fingerprint density at radius 1 is 1.41 bits per heavy atom. The maximum absolute atomic E-state index is 5.47. The van der Waals surface area contributed by atoms with E-state index in [1.165, 1.54) is 5.56 Å². The smallest absolute Gasteiger partial charge is 0.120 e. The van der Waals surface area contributed by atoms with E-state index in [2.05, 4.69) is 18.0 Å². The molecule has 0 bridgehead atoms. The molecule has 0 aliphatic rings. The predicted octanol–water partition coefficient (Wildman–Crippen LogP) is 2.38. The Balaban J connectivity index is 2.29. The summed E-state index contributed by atoms with van der Waals surface area (Å²) in [5.41, 5.74) is 1.23. The Morgan fingerprint density at radius 2 is 2.29 bits per heavy atom. The largest absolute Gasteiger partial charge is 0.490 e. The summed E-state index contributed by atoms with van der Waals surface area (Å²) >= 11 is 0. The van der Waals surface area contributed by atoms with E-state index < -0.39 is 0 Å². The average Bonchev–Trinajstić information content (AvgIpc) is 2.37. The van der Waals surface area contributed by atoms with Gasteiger partial charge in [-0.2, -0.15) is 0 Å². The summed E-state index contributed by atoms with van der Waals surface area (Å²) in [7, 11) is 1.72. The van der Waals surface area contributed by atoms with Crippen molar-refractivity contribution in [2.24, 2.45) is 0 Å². The molecule has 3 nitrogen and oxygen atoms in total. The van der Waals surface area contributed by atoms with Gasteiger partial charge < -0.3 is 14.8 Å². The summed E-state index contributed by atoms with van der Waals surface area (Å²) < 4.78 is 10.5. The molecule has 1 aromatic carbocycles. The minimum atomic E-state index is 0.546. The molecule has 17 heavy (non-hydrogen) atoms. The normalized spacial score (nSPS) is 10.2. The molecule has 0 aromatic heterocycles. The molecule has 0 fully saturated rings. The molecule has 0 unspecified atom stereocenters. The van der Waals surface area contributed by atoms with Crippen molar-refractivity contribution in [3.63, 3.8) is 0 Å². The van der Waals surface area contributed by atoms with Crippen LogP contribution in [0.3, 0.4) is 0 Å². The zero-order valence-electron chi connectivity index (χ0n) is 10.4. The van der Waals surface area contributed by atoms with Gasteiger partial charge in [-0.15, -0.1) is 0 Å². The molecule has 0 amide bonds. The molecular formula is C14H21NO2. The Bertz CT molecular complexity index is 326. The van der Waals surface area contributed by atoms with Crippen molar-refractivity contribution in [2.45, 2.75) is 13.0 Å². The van der Waals surface area contributed by atoms with Crippen LogP contribution >= 0.6 is 0 Å². The van der Waals surface area contributed by atoms with Crippen LogP contribution < -0.4 is 10.1 Å². The first-order chi connectivity index (χ1) is 8.36. The third-order valence-corrected chi connectivity index (χ3v) is 2.30. The fraction of sp³-hybridized carbons (Fsp3) is 0.429. The van der Waals surface area contributed by atoms with E-state index in [0.29, 0.717) is 6.61 Å². The van der Waals surface area contributed by atoms with Crippen LogP contribution in [0.1, 0.15) is 12.0 Å². The zero-order chi connectivity index (χ0) is 12.3. The molecule has 0 saturated heterocycles. The minimum Gasteiger partial charge on any atom is -0.490 e. The van der Waals surface area contributed by atoms with Gasteiger partial charge in [0.15, 0.2) is 0 Å². The van der Waals surface area contributed by atoms with E-state index in [9.17, 15) is 0 Å². The van der Waals surface area contributed by atoms with Crippen molar-refractivity contribution < 1.29 is 9.47 Å². The Hall–Kier alpha value is -1.32. The first-order valence-electron chi connectivity index (χ1n) is 5.89. The van der Waals surface area contributed by atoms with E-state index in [4.69, 9.17) is 9.47 Å². The van der Waals surface area contributed by atoms with Gasteiger partial charge in [0, 0.05) is 20.3 Å². The van der Waals surface area contributed by atoms with Gasteiger partial charge in [0.1, 0.15) is 12.4 Å². The second kappa shape index (κ2) is 8.79. The van der Waals surface area contributed by atoms with Gasteiger partial charge in [-0.3, -0.25) is 0 Å². The first-order valence-corrected chi connectivity index (χ1v) is 5.89. The summed E-state index contributed by atoms with van der Waals surface area (Å²) in [6, 6.07) is 8.10. The van der Waals surface area contributed by atoms with Crippen molar-refractivity contribution in [3.05, 3.63) is 42.5 Å². The van der Waals surface area contributed by atoms with Gasteiger partial charge in [-0.1, -0.05) is 24.8 Å². The van der Waals surface area contributed by atoms with Crippen molar-refractivity contribution in [1.29, 1.82) is 0 Å². The number of hydrogen-bond acceptors (Lipinski definition) is 3. The molecule has 0 radical (unpaired) electrons. The van der Waals surface area contributed by atoms with Crippen LogP contribution in [0.2, 0.25) is 0 Å². The molecule has 0 spiro atoms. The predicted molar refractivity (Wildman–Crippen MR) is 70.3 cm³/mol. The Labute approximate surface area is 103 Å². The lowest BCUT2D eigenvalue weighted by Crippen LogP contribution is -2.16. The summed E-state index contributed by atoms with van der Waals surface area (Å²) in [4.78, 5) is 0. The summed E-state index contributed by atoms with van der Waals surface area (Å²) in [5.74, 6) is 0.890. The quantitative estimate of drug-likeness (QED) is 0.526. The molecule has 1 N–H and O–H groups in total. The van der Waals surface area contributed by atoms with Crippen LogP contribution in [0.5, 0.6) is 5.75 Å². The maximum Gasteiger partial charge on any atom is 0.120 e. The van der Waals surface area contributed by atoms with Crippen LogP contribution in [-0.4, -0.2) is 26.9 Å². The van der Waals surface area contributed by atoms with Gasteiger partial charge in [-0.05, 0) is 30.7 Å². The number of ether oxygens (including phenoxy) is 2. The number of benzene rings is 1. The van der Waals surface area contributed by atoms with Crippen LogP contribution in [0.15, 0.2) is 36.9 Å². The molecule has 1 rings (SSSR count). The second-order valence-corrected chi connectivity index (χ2v) is 3.77. The highest BCUT2D eigenvalue weighted by atomic mass is 16.5. The highest BCUT2D eigenvalue weighted by Crippen LogP contribution is 2.13. The van der Waals surface area contributed by atoms with Crippen LogP contribution in [0.25, 0.3) is 0 Å². The topological polar surface area (TPSA) is 30.5 Å². The van der Waals surface area contributed by atoms with E-state index in [0.717, 1.165) is 31.9 Å². The standard InChI is InChI=1S/C14H21NO2/c1-3-9-17-14-7-4-6-13(11-14)12-15-8-5-10-16-2/h3-4,6-7,11,15H,1,5,8-10,12H2,2H3. The molecule has 0 saturated carbocycles. The number of methoxy groups -OCH3 is 1. The van der Waals surface area contributed by atoms with Crippen LogP contribution in [0.4, 0.5) is 0 Å². The number of nitrogens with one attached hydrogen (secondary N) is 1. The fourth-order valence-corrected chi connectivity index (χ4v) is 1.47. The third-order valence-electron chi connectivity index (χ3n) is 2.30. The lowest BCUT2D eigenvalue weighted by atomic mass is 10.2. The SMILES string of the molecule is C=CCOc1cccc(CNCCCOC)c1. The van der Waals surface area contributed by atoms with Crippen molar-refractivity contribution >= 4 is 0 Å². The summed E-state index contributed by atoms with van der Waals surface area (Å²) in [6.07, 6.45) is 2.78. The zero-order valence-corrected chi connectivity index (χ0v) is 10.4. The van der Waals surface area contributed by atoms with Gasteiger partial charge in [0.05, 0.1) is 0 Å². The van der Waals surface area contributed by atoms with Crippen molar-refractivity contribution in [1.82, 2.24) is 5.32 Å². The lowest BCUT2D eigenvalue weighted by Gasteiger charge is -2.07. The molecular weight excluding hydrogens is 214 g/mol. The minimum absolute atomic E-state index is 0.546. The highest BCUT2D eigenvalue weighted by molar-refractivity contribution is 5.28. The molecule has 0 aliphatic carbocycles. The summed E-state index contributed by atoms with van der Waals surface area (Å²) in [6.45, 7) is 6.79. The fourth-order valence-electron chi connectivity index (χ4n) is 1.47. The van der Waals surface area contributed by atoms with Crippen molar-refractivity contribution in [2.75, 3.05) is 26.9 Å². The molecule has 94 valence electrons. The molecule has 0 aliphatic heterocycles.